The Morgan fingerprint density at radius 2 is 1.30 bits per heavy atom. The standard InChI is InChI=1S/C36H42N2O5/c1-3-14-30(24-34(40)38-32(26-39)23-28-18-10-6-11-19-28)35(41)37-25-33(29-20-12-7-13-21-29)43-36(42)31(15-4-2)22-27-16-8-5-9-17-27/h3-13,16-21,30-33,39H,1-2,14-15,22-26H2,(H,37,41)(H,38,40)/t30-,31-,32+,33-/m0/s1. The van der Waals surface area contributed by atoms with Crippen molar-refractivity contribution >= 4 is 17.8 Å². The molecule has 0 aromatic heterocycles. The second-order valence-corrected chi connectivity index (χ2v) is 10.6. The number of esters is 1. The highest BCUT2D eigenvalue weighted by molar-refractivity contribution is 5.86. The topological polar surface area (TPSA) is 105 Å². The molecule has 0 radical (unpaired) electrons. The Bertz CT molecular complexity index is 1300. The van der Waals surface area contributed by atoms with Crippen LogP contribution < -0.4 is 10.6 Å². The Balaban J connectivity index is 1.64. The number of carbonyl (C=O) groups excluding carboxylic acids is 3. The van der Waals surface area contributed by atoms with Crippen molar-refractivity contribution in [3.8, 4) is 0 Å². The third kappa shape index (κ3) is 11.4. The van der Waals surface area contributed by atoms with Gasteiger partial charge in [-0.05, 0) is 42.4 Å². The van der Waals surface area contributed by atoms with Crippen LogP contribution in [0.15, 0.2) is 116 Å². The number of ether oxygens (including phenoxy) is 1. The quantitative estimate of drug-likeness (QED) is 0.143. The van der Waals surface area contributed by atoms with Gasteiger partial charge in [0, 0.05) is 6.42 Å². The van der Waals surface area contributed by atoms with Crippen molar-refractivity contribution in [1.29, 1.82) is 0 Å². The minimum atomic E-state index is -0.719. The van der Waals surface area contributed by atoms with E-state index in [-0.39, 0.29) is 43.8 Å². The van der Waals surface area contributed by atoms with Crippen LogP contribution in [0.2, 0.25) is 0 Å². The van der Waals surface area contributed by atoms with Gasteiger partial charge in [-0.3, -0.25) is 14.4 Å². The summed E-state index contributed by atoms with van der Waals surface area (Å²) in [7, 11) is 0. The zero-order chi connectivity index (χ0) is 30.9. The van der Waals surface area contributed by atoms with Gasteiger partial charge in [-0.25, -0.2) is 0 Å². The number of hydrogen-bond donors (Lipinski definition) is 3. The highest BCUT2D eigenvalue weighted by Gasteiger charge is 2.27. The van der Waals surface area contributed by atoms with E-state index in [9.17, 15) is 19.5 Å². The average molecular weight is 583 g/mol. The molecular formula is C36H42N2O5. The van der Waals surface area contributed by atoms with E-state index >= 15 is 0 Å². The molecule has 0 aliphatic heterocycles. The predicted octanol–water partition coefficient (Wildman–Crippen LogP) is 5.12. The van der Waals surface area contributed by atoms with Gasteiger partial charge in [-0.15, -0.1) is 13.2 Å². The van der Waals surface area contributed by atoms with Crippen molar-refractivity contribution in [3.05, 3.63) is 133 Å². The van der Waals surface area contributed by atoms with Gasteiger partial charge in [0.25, 0.3) is 0 Å². The van der Waals surface area contributed by atoms with Crippen molar-refractivity contribution in [2.75, 3.05) is 13.2 Å². The lowest BCUT2D eigenvalue weighted by Crippen LogP contribution is -2.42. The fraction of sp³-hybridized carbons (Fsp3) is 0.306. The molecule has 0 saturated carbocycles. The molecule has 0 unspecified atom stereocenters. The van der Waals surface area contributed by atoms with Gasteiger partial charge < -0.3 is 20.5 Å². The van der Waals surface area contributed by atoms with Gasteiger partial charge in [-0.2, -0.15) is 0 Å². The molecule has 3 aromatic carbocycles. The van der Waals surface area contributed by atoms with Gasteiger partial charge in [0.2, 0.25) is 11.8 Å². The number of benzene rings is 3. The highest BCUT2D eigenvalue weighted by atomic mass is 16.5. The molecular weight excluding hydrogens is 540 g/mol. The number of aliphatic hydroxyl groups excluding tert-OH is 1. The van der Waals surface area contributed by atoms with Crippen LogP contribution in [-0.2, 0) is 32.0 Å². The number of aliphatic hydroxyl groups is 1. The van der Waals surface area contributed by atoms with Gasteiger partial charge >= 0.3 is 5.97 Å². The van der Waals surface area contributed by atoms with E-state index in [4.69, 9.17) is 4.74 Å². The minimum Gasteiger partial charge on any atom is -0.455 e. The lowest BCUT2D eigenvalue weighted by atomic mass is 9.96. The Hall–Kier alpha value is -4.49. The number of nitrogens with one attached hydrogen (secondary N) is 2. The zero-order valence-corrected chi connectivity index (χ0v) is 24.6. The van der Waals surface area contributed by atoms with Gasteiger partial charge in [0.15, 0.2) is 0 Å². The average Bonchev–Trinajstić information content (AvgIpc) is 3.03. The van der Waals surface area contributed by atoms with Crippen molar-refractivity contribution in [3.63, 3.8) is 0 Å². The molecule has 0 saturated heterocycles. The summed E-state index contributed by atoms with van der Waals surface area (Å²) in [6.45, 7) is 7.38. The molecule has 3 rings (SSSR count). The van der Waals surface area contributed by atoms with Crippen molar-refractivity contribution < 1.29 is 24.2 Å². The molecule has 4 atom stereocenters. The summed E-state index contributed by atoms with van der Waals surface area (Å²) in [4.78, 5) is 39.5. The lowest BCUT2D eigenvalue weighted by Gasteiger charge is -2.24. The van der Waals surface area contributed by atoms with Crippen molar-refractivity contribution in [2.24, 2.45) is 11.8 Å². The van der Waals surface area contributed by atoms with Gasteiger partial charge in [0.1, 0.15) is 6.10 Å². The molecule has 0 fully saturated rings. The molecule has 0 heterocycles. The molecule has 0 bridgehead atoms. The van der Waals surface area contributed by atoms with Crippen LogP contribution in [0.3, 0.4) is 0 Å². The van der Waals surface area contributed by atoms with E-state index < -0.39 is 24.0 Å². The monoisotopic (exact) mass is 582 g/mol. The molecule has 0 aliphatic carbocycles. The lowest BCUT2D eigenvalue weighted by molar-refractivity contribution is -0.154. The van der Waals surface area contributed by atoms with Crippen LogP contribution in [0, 0.1) is 11.8 Å². The number of amides is 2. The van der Waals surface area contributed by atoms with Crippen LogP contribution >= 0.6 is 0 Å². The first-order valence-corrected chi connectivity index (χ1v) is 14.7. The maximum Gasteiger partial charge on any atom is 0.310 e. The number of rotatable bonds is 18. The van der Waals surface area contributed by atoms with E-state index in [0.717, 1.165) is 16.7 Å². The molecule has 0 aliphatic rings. The Morgan fingerprint density at radius 1 is 0.767 bits per heavy atom. The molecule has 226 valence electrons. The third-order valence-electron chi connectivity index (χ3n) is 7.17. The largest absolute Gasteiger partial charge is 0.455 e. The first-order chi connectivity index (χ1) is 20.9. The second-order valence-electron chi connectivity index (χ2n) is 10.6. The zero-order valence-electron chi connectivity index (χ0n) is 24.6. The summed E-state index contributed by atoms with van der Waals surface area (Å²) >= 11 is 0. The smallest absolute Gasteiger partial charge is 0.310 e. The number of carbonyl (C=O) groups is 3. The summed E-state index contributed by atoms with van der Waals surface area (Å²) in [6.07, 6.45) is 4.25. The van der Waals surface area contributed by atoms with Crippen LogP contribution in [0.1, 0.15) is 42.1 Å². The predicted molar refractivity (Wildman–Crippen MR) is 169 cm³/mol. The normalized spacial score (nSPS) is 13.5. The summed E-state index contributed by atoms with van der Waals surface area (Å²) in [5.74, 6) is -2.15. The molecule has 7 nitrogen and oxygen atoms in total. The molecule has 43 heavy (non-hydrogen) atoms. The number of hydrogen-bond acceptors (Lipinski definition) is 5. The minimum absolute atomic E-state index is 0.0449. The van der Waals surface area contributed by atoms with Crippen LogP contribution in [0.25, 0.3) is 0 Å². The number of allylic oxidation sites excluding steroid dienone is 2. The maximum absolute atomic E-state index is 13.3. The SMILES string of the molecule is C=CC[C@@H](CC(=O)N[C@@H](CO)Cc1ccccc1)C(=O)NC[C@H](OC(=O)[C@@H](CC=C)Cc1ccccc1)c1ccccc1. The van der Waals surface area contributed by atoms with Crippen LogP contribution in [-0.4, -0.2) is 42.1 Å². The summed E-state index contributed by atoms with van der Waals surface area (Å²) in [5, 5.41) is 15.5. The Morgan fingerprint density at radius 3 is 1.86 bits per heavy atom. The Labute approximate surface area is 254 Å². The Kier molecular flexibility index (Phi) is 13.9. The van der Waals surface area contributed by atoms with E-state index in [0.29, 0.717) is 19.3 Å². The van der Waals surface area contributed by atoms with E-state index in [1.54, 1.807) is 12.2 Å². The summed E-state index contributed by atoms with van der Waals surface area (Å²) in [6, 6.07) is 28.1. The van der Waals surface area contributed by atoms with Crippen molar-refractivity contribution in [1.82, 2.24) is 10.6 Å². The van der Waals surface area contributed by atoms with E-state index in [1.165, 1.54) is 0 Å². The first kappa shape index (κ1) is 33.0. The summed E-state index contributed by atoms with van der Waals surface area (Å²) in [5.41, 5.74) is 2.76. The van der Waals surface area contributed by atoms with Crippen molar-refractivity contribution in [2.45, 2.75) is 44.2 Å². The van der Waals surface area contributed by atoms with E-state index in [1.807, 2.05) is 91.0 Å². The van der Waals surface area contributed by atoms with Crippen LogP contribution in [0.5, 0.6) is 0 Å². The fourth-order valence-corrected chi connectivity index (χ4v) is 4.89. The maximum atomic E-state index is 13.3. The van der Waals surface area contributed by atoms with E-state index in [2.05, 4.69) is 23.8 Å². The molecule has 0 spiro atoms. The fourth-order valence-electron chi connectivity index (χ4n) is 4.89. The second kappa shape index (κ2) is 18.1. The highest BCUT2D eigenvalue weighted by Crippen LogP contribution is 2.22. The van der Waals surface area contributed by atoms with Gasteiger partial charge in [-0.1, -0.05) is 103 Å². The molecule has 3 N–H and O–H groups in total. The summed E-state index contributed by atoms with van der Waals surface area (Å²) < 4.78 is 5.99. The first-order valence-electron chi connectivity index (χ1n) is 14.7. The molecule has 3 aromatic rings. The molecule has 7 heteroatoms. The van der Waals surface area contributed by atoms with Gasteiger partial charge in [0.05, 0.1) is 31.0 Å². The third-order valence-corrected chi connectivity index (χ3v) is 7.17. The molecule has 2 amide bonds. The van der Waals surface area contributed by atoms with Crippen LogP contribution in [0.4, 0.5) is 0 Å².